The van der Waals surface area contributed by atoms with Gasteiger partial charge >= 0.3 is 0 Å². The number of likely N-dealkylation sites (N-methyl/N-ethyl adjacent to an activating group) is 1. The quantitative estimate of drug-likeness (QED) is 0.300. The lowest BCUT2D eigenvalue weighted by molar-refractivity contribution is -0.127. The number of carbonyl (C=O) groups is 1. The van der Waals surface area contributed by atoms with Crippen molar-refractivity contribution in [3.8, 4) is 0 Å². The van der Waals surface area contributed by atoms with Gasteiger partial charge in [-0.25, -0.2) is 0 Å². The molecule has 1 fully saturated rings. The van der Waals surface area contributed by atoms with Crippen molar-refractivity contribution in [2.45, 2.75) is 80.1 Å². The summed E-state index contributed by atoms with van der Waals surface area (Å²) in [5.74, 6) is 0.188. The number of allylic oxidation sites excluding steroid dienone is 7. The first-order chi connectivity index (χ1) is 13.8. The van der Waals surface area contributed by atoms with Gasteiger partial charge in [0.15, 0.2) is 0 Å². The van der Waals surface area contributed by atoms with Crippen LogP contribution in [0.1, 0.15) is 80.1 Å². The highest BCUT2D eigenvalue weighted by Gasteiger charge is 2.18. The average Bonchev–Trinajstić information content (AvgIpc) is 2.67. The molecule has 0 aliphatic carbocycles. The summed E-state index contributed by atoms with van der Waals surface area (Å²) in [5.41, 5.74) is 5.54. The van der Waals surface area contributed by atoms with Gasteiger partial charge in [-0.1, -0.05) is 47.4 Å². The van der Waals surface area contributed by atoms with Crippen molar-refractivity contribution in [1.82, 2.24) is 9.80 Å². The molecule has 1 aliphatic rings. The Labute approximate surface area is 180 Å². The maximum Gasteiger partial charge on any atom is 0.246 e. The predicted molar refractivity (Wildman–Crippen MR) is 127 cm³/mol. The van der Waals surface area contributed by atoms with Gasteiger partial charge in [0.2, 0.25) is 5.91 Å². The summed E-state index contributed by atoms with van der Waals surface area (Å²) in [6.45, 7) is 17.8. The normalized spacial score (nSPS) is 16.9. The number of carbonyl (C=O) groups excluding carboxylic acids is 1. The number of amides is 1. The minimum atomic E-state index is 0.188. The molecule has 3 nitrogen and oxygen atoms in total. The van der Waals surface area contributed by atoms with Crippen molar-refractivity contribution >= 4 is 5.91 Å². The van der Waals surface area contributed by atoms with Crippen molar-refractivity contribution in [2.75, 3.05) is 32.7 Å². The molecule has 3 heteroatoms. The van der Waals surface area contributed by atoms with E-state index in [1.165, 1.54) is 28.7 Å². The summed E-state index contributed by atoms with van der Waals surface area (Å²) in [4.78, 5) is 16.8. The van der Waals surface area contributed by atoms with Crippen LogP contribution in [0.4, 0.5) is 0 Å². The second-order valence-corrected chi connectivity index (χ2v) is 8.75. The SMILES string of the molecule is CCN1CCN(C(=O)/C=C(\C)CC/C=C(\C)CC/C=C(\C)CCC=C(C)C)CC1. The zero-order valence-corrected chi connectivity index (χ0v) is 19.9. The molecule has 1 saturated heterocycles. The zero-order chi connectivity index (χ0) is 21.6. The first kappa shape index (κ1) is 25.4. The molecule has 1 amide bonds. The first-order valence-corrected chi connectivity index (χ1v) is 11.4. The zero-order valence-electron chi connectivity index (χ0n) is 19.9. The second kappa shape index (κ2) is 14.4. The molecule has 0 saturated carbocycles. The molecular weight excluding hydrogens is 356 g/mol. The molecule has 1 rings (SSSR count). The van der Waals surface area contributed by atoms with Crippen LogP contribution >= 0.6 is 0 Å². The third-order valence-electron chi connectivity index (χ3n) is 5.66. The fourth-order valence-corrected chi connectivity index (χ4v) is 3.54. The molecular formula is C26H44N2O. The van der Waals surface area contributed by atoms with E-state index in [-0.39, 0.29) is 5.91 Å². The van der Waals surface area contributed by atoms with E-state index < -0.39 is 0 Å². The Kier molecular flexibility index (Phi) is 12.6. The maximum atomic E-state index is 12.4. The summed E-state index contributed by atoms with van der Waals surface area (Å²) in [7, 11) is 0. The van der Waals surface area contributed by atoms with Crippen LogP contribution in [0.3, 0.4) is 0 Å². The summed E-state index contributed by atoms with van der Waals surface area (Å²) in [6.07, 6.45) is 15.5. The van der Waals surface area contributed by atoms with Crippen LogP contribution in [-0.4, -0.2) is 48.4 Å². The number of hydrogen-bond acceptors (Lipinski definition) is 2. The van der Waals surface area contributed by atoms with E-state index in [0.29, 0.717) is 0 Å². The Morgan fingerprint density at radius 3 is 1.69 bits per heavy atom. The summed E-state index contributed by atoms with van der Waals surface area (Å²) in [5, 5.41) is 0. The Balaban J connectivity index is 2.29. The third kappa shape index (κ3) is 11.9. The van der Waals surface area contributed by atoms with E-state index in [1.807, 2.05) is 11.0 Å². The van der Waals surface area contributed by atoms with Gasteiger partial charge in [0, 0.05) is 32.3 Å². The Morgan fingerprint density at radius 2 is 1.21 bits per heavy atom. The number of piperazine rings is 1. The van der Waals surface area contributed by atoms with Crippen LogP contribution in [0.25, 0.3) is 0 Å². The molecule has 0 bridgehead atoms. The molecule has 0 atom stereocenters. The van der Waals surface area contributed by atoms with E-state index in [4.69, 9.17) is 0 Å². The van der Waals surface area contributed by atoms with Gasteiger partial charge in [0.1, 0.15) is 0 Å². The van der Waals surface area contributed by atoms with E-state index in [9.17, 15) is 4.79 Å². The molecule has 0 aromatic carbocycles. The molecule has 1 aliphatic heterocycles. The average molecular weight is 401 g/mol. The van der Waals surface area contributed by atoms with Gasteiger partial charge in [0.05, 0.1) is 0 Å². The van der Waals surface area contributed by atoms with Crippen LogP contribution in [-0.2, 0) is 4.79 Å². The topological polar surface area (TPSA) is 23.6 Å². The Hall–Kier alpha value is -1.61. The van der Waals surface area contributed by atoms with Gasteiger partial charge in [-0.15, -0.1) is 0 Å². The van der Waals surface area contributed by atoms with E-state index in [0.717, 1.165) is 64.8 Å². The highest BCUT2D eigenvalue weighted by molar-refractivity contribution is 5.88. The van der Waals surface area contributed by atoms with Crippen molar-refractivity contribution < 1.29 is 4.79 Å². The van der Waals surface area contributed by atoms with Crippen LogP contribution in [0.15, 0.2) is 46.6 Å². The first-order valence-electron chi connectivity index (χ1n) is 11.4. The van der Waals surface area contributed by atoms with Crippen LogP contribution in [0.5, 0.6) is 0 Å². The molecule has 0 spiro atoms. The molecule has 1 heterocycles. The lowest BCUT2D eigenvalue weighted by atomic mass is 10.0. The highest BCUT2D eigenvalue weighted by Crippen LogP contribution is 2.14. The summed E-state index contributed by atoms with van der Waals surface area (Å²) >= 11 is 0. The smallest absolute Gasteiger partial charge is 0.246 e. The molecule has 0 aromatic heterocycles. The van der Waals surface area contributed by atoms with Gasteiger partial charge in [-0.2, -0.15) is 0 Å². The lowest BCUT2D eigenvalue weighted by Crippen LogP contribution is -2.48. The van der Waals surface area contributed by atoms with Crippen molar-refractivity contribution in [1.29, 1.82) is 0 Å². The lowest BCUT2D eigenvalue weighted by Gasteiger charge is -2.33. The molecule has 0 unspecified atom stereocenters. The van der Waals surface area contributed by atoms with Crippen LogP contribution in [0, 0.1) is 0 Å². The fraction of sp³-hybridized carbons (Fsp3) is 0.654. The second-order valence-electron chi connectivity index (χ2n) is 8.75. The van der Waals surface area contributed by atoms with Crippen LogP contribution < -0.4 is 0 Å². The Morgan fingerprint density at radius 1 is 0.724 bits per heavy atom. The maximum absolute atomic E-state index is 12.4. The van der Waals surface area contributed by atoms with Gasteiger partial charge < -0.3 is 9.80 Å². The Bertz CT molecular complexity index is 613. The van der Waals surface area contributed by atoms with E-state index >= 15 is 0 Å². The van der Waals surface area contributed by atoms with Gasteiger partial charge in [0.25, 0.3) is 0 Å². The van der Waals surface area contributed by atoms with Crippen molar-refractivity contribution in [3.63, 3.8) is 0 Å². The molecule has 0 radical (unpaired) electrons. The van der Waals surface area contributed by atoms with Crippen molar-refractivity contribution in [2.24, 2.45) is 0 Å². The van der Waals surface area contributed by atoms with E-state index in [2.05, 4.69) is 64.7 Å². The van der Waals surface area contributed by atoms with Crippen molar-refractivity contribution in [3.05, 3.63) is 46.6 Å². The number of hydrogen-bond donors (Lipinski definition) is 0. The fourth-order valence-electron chi connectivity index (χ4n) is 3.54. The minimum absolute atomic E-state index is 0.188. The molecule has 164 valence electrons. The standard InChI is InChI=1S/C26H44N2O/c1-7-27-17-19-28(20-18-27)26(29)21-25(6)16-10-15-24(5)14-9-13-23(4)12-8-11-22(2)3/h11,13,15,21H,7-10,12,14,16-20H2,1-6H3/b23-13+,24-15+,25-21+. The molecule has 29 heavy (non-hydrogen) atoms. The number of nitrogens with zero attached hydrogens (tertiary/aromatic N) is 2. The van der Waals surface area contributed by atoms with E-state index in [1.54, 1.807) is 0 Å². The monoisotopic (exact) mass is 400 g/mol. The third-order valence-corrected chi connectivity index (χ3v) is 5.66. The molecule has 0 N–H and O–H groups in total. The molecule has 0 aromatic rings. The summed E-state index contributed by atoms with van der Waals surface area (Å²) < 4.78 is 0. The highest BCUT2D eigenvalue weighted by atomic mass is 16.2. The summed E-state index contributed by atoms with van der Waals surface area (Å²) in [6, 6.07) is 0. The van der Waals surface area contributed by atoms with Gasteiger partial charge in [-0.05, 0) is 79.7 Å². The largest absolute Gasteiger partial charge is 0.337 e. The number of rotatable bonds is 11. The van der Waals surface area contributed by atoms with Crippen LogP contribution in [0.2, 0.25) is 0 Å². The van der Waals surface area contributed by atoms with Gasteiger partial charge in [-0.3, -0.25) is 4.79 Å². The predicted octanol–water partition coefficient (Wildman–Crippen LogP) is 6.30. The minimum Gasteiger partial charge on any atom is -0.337 e.